The minimum Gasteiger partial charge on any atom is -0.360 e. The molecule has 2 rings (SSSR count). The van der Waals surface area contributed by atoms with Crippen molar-refractivity contribution in [1.29, 1.82) is 0 Å². The van der Waals surface area contributed by atoms with Gasteiger partial charge in [-0.2, -0.15) is 13.2 Å². The smallest absolute Gasteiger partial charge is 0.360 e. The normalized spacial score (nSPS) is 22.8. The van der Waals surface area contributed by atoms with Gasteiger partial charge >= 0.3 is 6.18 Å². The number of nitrogens with zero attached hydrogens (tertiary/aromatic N) is 3. The van der Waals surface area contributed by atoms with Crippen molar-refractivity contribution in [3.05, 3.63) is 18.0 Å². The Labute approximate surface area is 147 Å². The fourth-order valence-electron chi connectivity index (χ4n) is 2.74. The van der Waals surface area contributed by atoms with Gasteiger partial charge in [0.2, 0.25) is 5.95 Å². The van der Waals surface area contributed by atoms with Crippen LogP contribution in [0.4, 0.5) is 19.1 Å². The van der Waals surface area contributed by atoms with Crippen LogP contribution in [-0.4, -0.2) is 46.3 Å². The van der Waals surface area contributed by atoms with Crippen molar-refractivity contribution in [3.63, 3.8) is 0 Å². The lowest BCUT2D eigenvalue weighted by molar-refractivity contribution is -0.138. The molecule has 0 aliphatic carbocycles. The van der Waals surface area contributed by atoms with E-state index in [4.69, 9.17) is 4.74 Å². The Morgan fingerprint density at radius 1 is 1.20 bits per heavy atom. The van der Waals surface area contributed by atoms with E-state index >= 15 is 0 Å². The minimum absolute atomic E-state index is 0.211. The second-order valence-corrected chi connectivity index (χ2v) is 7.67. The van der Waals surface area contributed by atoms with E-state index in [1.165, 1.54) is 0 Å². The van der Waals surface area contributed by atoms with Crippen LogP contribution < -0.4 is 5.32 Å². The molecule has 8 heteroatoms. The van der Waals surface area contributed by atoms with Crippen molar-refractivity contribution in [2.24, 2.45) is 5.92 Å². The summed E-state index contributed by atoms with van der Waals surface area (Å²) in [5, 5.41) is 3.05. The summed E-state index contributed by atoms with van der Waals surface area (Å²) in [5.41, 5.74) is -1.06. The van der Waals surface area contributed by atoms with E-state index in [0.29, 0.717) is 19.2 Å². The molecule has 1 aromatic heterocycles. The lowest BCUT2D eigenvalue weighted by Crippen LogP contribution is -2.48. The van der Waals surface area contributed by atoms with Crippen LogP contribution in [0.1, 0.15) is 46.1 Å². The molecule has 2 heterocycles. The van der Waals surface area contributed by atoms with Crippen LogP contribution in [0.25, 0.3) is 0 Å². The summed E-state index contributed by atoms with van der Waals surface area (Å²) in [4.78, 5) is 9.80. The number of likely N-dealkylation sites (tertiary alicyclic amines) is 1. The van der Waals surface area contributed by atoms with Gasteiger partial charge in [0, 0.05) is 31.5 Å². The van der Waals surface area contributed by atoms with Crippen LogP contribution in [-0.2, 0) is 10.9 Å². The van der Waals surface area contributed by atoms with Crippen LogP contribution in [0.3, 0.4) is 0 Å². The quantitative estimate of drug-likeness (QED) is 0.866. The number of anilines is 1. The van der Waals surface area contributed by atoms with Gasteiger partial charge in [0.05, 0.1) is 17.9 Å². The Hall–Kier alpha value is -1.41. The fourth-order valence-corrected chi connectivity index (χ4v) is 2.74. The summed E-state index contributed by atoms with van der Waals surface area (Å²) < 4.78 is 43.5. The van der Waals surface area contributed by atoms with Crippen molar-refractivity contribution in [2.45, 2.75) is 58.4 Å². The van der Waals surface area contributed by atoms with E-state index < -0.39 is 11.7 Å². The third-order valence-electron chi connectivity index (χ3n) is 4.19. The summed E-state index contributed by atoms with van der Waals surface area (Å²) >= 11 is 0. The van der Waals surface area contributed by atoms with Crippen LogP contribution in [0, 0.1) is 5.92 Å². The van der Waals surface area contributed by atoms with E-state index in [-0.39, 0.29) is 17.6 Å². The first-order chi connectivity index (χ1) is 11.5. The Bertz CT molecular complexity index is 542. The third kappa shape index (κ3) is 6.43. The maximum atomic E-state index is 12.5. The highest BCUT2D eigenvalue weighted by Crippen LogP contribution is 2.28. The molecule has 1 aliphatic rings. The molecule has 1 aliphatic heterocycles. The predicted molar refractivity (Wildman–Crippen MR) is 90.1 cm³/mol. The van der Waals surface area contributed by atoms with Gasteiger partial charge in [-0.1, -0.05) is 6.92 Å². The largest absolute Gasteiger partial charge is 0.419 e. The first kappa shape index (κ1) is 19.9. The Balaban J connectivity index is 1.92. The zero-order valence-electron chi connectivity index (χ0n) is 15.2. The maximum Gasteiger partial charge on any atom is 0.419 e. The highest BCUT2D eigenvalue weighted by atomic mass is 19.4. The van der Waals surface area contributed by atoms with Crippen LogP contribution in [0.15, 0.2) is 12.4 Å². The van der Waals surface area contributed by atoms with E-state index in [1.807, 2.05) is 20.8 Å². The van der Waals surface area contributed by atoms with Gasteiger partial charge in [0.25, 0.3) is 0 Å². The van der Waals surface area contributed by atoms with Gasteiger partial charge < -0.3 is 10.1 Å². The number of hydrogen-bond donors (Lipinski definition) is 1. The zero-order valence-corrected chi connectivity index (χ0v) is 15.2. The highest BCUT2D eigenvalue weighted by Gasteiger charge is 2.31. The first-order valence-corrected chi connectivity index (χ1v) is 8.56. The van der Waals surface area contributed by atoms with Gasteiger partial charge in [-0.25, -0.2) is 9.97 Å². The summed E-state index contributed by atoms with van der Waals surface area (Å²) in [6, 6.07) is 0.240. The molecule has 1 N–H and O–H groups in total. The summed E-state index contributed by atoms with van der Waals surface area (Å²) in [7, 11) is 0. The second kappa shape index (κ2) is 7.86. The standard InChI is InChI=1S/C17H27F3N4O/c1-12-5-6-14(24(10-12)11-25-16(2,3)4)9-23-15-21-7-13(8-22-15)17(18,19)20/h7-8,12,14H,5-6,9-11H2,1-4H3,(H,21,22,23). The lowest BCUT2D eigenvalue weighted by atomic mass is 9.94. The van der Waals surface area contributed by atoms with Gasteiger partial charge in [0.15, 0.2) is 0 Å². The molecule has 0 spiro atoms. The number of rotatable bonds is 5. The van der Waals surface area contributed by atoms with Gasteiger partial charge in [-0.05, 0) is 39.5 Å². The number of nitrogens with one attached hydrogen (secondary N) is 1. The van der Waals surface area contributed by atoms with Crippen molar-refractivity contribution >= 4 is 5.95 Å². The minimum atomic E-state index is -4.42. The van der Waals surface area contributed by atoms with Gasteiger partial charge in [-0.15, -0.1) is 0 Å². The van der Waals surface area contributed by atoms with E-state index in [2.05, 4.69) is 27.1 Å². The summed E-state index contributed by atoms with van der Waals surface area (Å²) in [5.74, 6) is 0.811. The average Bonchev–Trinajstić information content (AvgIpc) is 2.51. The topological polar surface area (TPSA) is 50.3 Å². The molecule has 5 nitrogen and oxygen atoms in total. The number of aromatic nitrogens is 2. The first-order valence-electron chi connectivity index (χ1n) is 8.56. The average molecular weight is 360 g/mol. The SMILES string of the molecule is CC1CCC(CNc2ncc(C(F)(F)F)cn2)N(COC(C)(C)C)C1. The number of halogens is 3. The molecule has 0 amide bonds. The molecule has 1 saturated heterocycles. The molecule has 0 aromatic carbocycles. The maximum absolute atomic E-state index is 12.5. The van der Waals surface area contributed by atoms with E-state index in [1.54, 1.807) is 0 Å². The molecular weight excluding hydrogens is 333 g/mol. The van der Waals surface area contributed by atoms with E-state index in [0.717, 1.165) is 31.8 Å². The van der Waals surface area contributed by atoms with Crippen LogP contribution in [0.2, 0.25) is 0 Å². The molecule has 2 atom stereocenters. The molecule has 0 radical (unpaired) electrons. The molecule has 1 fully saturated rings. The second-order valence-electron chi connectivity index (χ2n) is 7.67. The lowest BCUT2D eigenvalue weighted by Gasteiger charge is -2.39. The predicted octanol–water partition coefficient (Wildman–Crippen LogP) is 3.78. The molecular formula is C17H27F3N4O. The Morgan fingerprint density at radius 3 is 2.40 bits per heavy atom. The third-order valence-corrected chi connectivity index (χ3v) is 4.19. The van der Waals surface area contributed by atoms with Crippen molar-refractivity contribution < 1.29 is 17.9 Å². The van der Waals surface area contributed by atoms with Crippen molar-refractivity contribution in [1.82, 2.24) is 14.9 Å². The summed E-state index contributed by atoms with van der Waals surface area (Å²) in [6.45, 7) is 10.3. The van der Waals surface area contributed by atoms with Gasteiger partial charge in [-0.3, -0.25) is 4.90 Å². The number of alkyl halides is 3. The fraction of sp³-hybridized carbons (Fsp3) is 0.765. The molecule has 25 heavy (non-hydrogen) atoms. The summed E-state index contributed by atoms with van der Waals surface area (Å²) in [6.07, 6.45) is -0.689. The molecule has 0 bridgehead atoms. The number of hydrogen-bond acceptors (Lipinski definition) is 5. The Kier molecular flexibility index (Phi) is 6.26. The Morgan fingerprint density at radius 2 is 1.84 bits per heavy atom. The van der Waals surface area contributed by atoms with Gasteiger partial charge in [0.1, 0.15) is 0 Å². The molecule has 0 saturated carbocycles. The number of ether oxygens (including phenoxy) is 1. The molecule has 142 valence electrons. The monoisotopic (exact) mass is 360 g/mol. The highest BCUT2D eigenvalue weighted by molar-refractivity contribution is 5.26. The van der Waals surface area contributed by atoms with Crippen LogP contribution >= 0.6 is 0 Å². The van der Waals surface area contributed by atoms with Crippen LogP contribution in [0.5, 0.6) is 0 Å². The number of piperidine rings is 1. The molecule has 2 unspecified atom stereocenters. The van der Waals surface area contributed by atoms with E-state index in [9.17, 15) is 13.2 Å². The van der Waals surface area contributed by atoms with Crippen molar-refractivity contribution in [2.75, 3.05) is 25.1 Å². The van der Waals surface area contributed by atoms with Crippen molar-refractivity contribution in [3.8, 4) is 0 Å². The zero-order chi connectivity index (χ0) is 18.7. The molecule has 1 aromatic rings.